The monoisotopic (exact) mass is 489 g/mol. The Kier molecular flexibility index (Phi) is 7.02. The van der Waals surface area contributed by atoms with E-state index in [0.717, 1.165) is 5.01 Å². The molecule has 0 saturated carbocycles. The number of halogens is 3. The molecule has 9 nitrogen and oxygen atoms in total. The van der Waals surface area contributed by atoms with Crippen LogP contribution in [0.1, 0.15) is 28.8 Å². The number of alkyl halides is 3. The summed E-state index contributed by atoms with van der Waals surface area (Å²) in [6.07, 6.45) is -2.86. The predicted molar refractivity (Wildman–Crippen MR) is 108 cm³/mol. The van der Waals surface area contributed by atoms with Crippen LogP contribution in [0, 0.1) is 0 Å². The Morgan fingerprint density at radius 2 is 2.18 bits per heavy atom. The zero-order valence-corrected chi connectivity index (χ0v) is 18.5. The van der Waals surface area contributed by atoms with E-state index in [1.165, 1.54) is 23.5 Å². The van der Waals surface area contributed by atoms with Gasteiger partial charge in [-0.2, -0.15) is 0 Å². The molecule has 0 bridgehead atoms. The van der Waals surface area contributed by atoms with E-state index in [2.05, 4.69) is 14.7 Å². The average molecular weight is 489 g/mol. The van der Waals surface area contributed by atoms with Crippen LogP contribution in [0.3, 0.4) is 0 Å². The number of aromatic nitrogens is 2. The highest BCUT2D eigenvalue weighted by molar-refractivity contribution is 7.09. The first kappa shape index (κ1) is 23.7. The lowest BCUT2D eigenvalue weighted by Crippen LogP contribution is -2.53. The van der Waals surface area contributed by atoms with Gasteiger partial charge in [0.2, 0.25) is 0 Å². The highest BCUT2D eigenvalue weighted by Crippen LogP contribution is 2.43. The molecule has 180 valence electrons. The molecule has 1 amide bonds. The van der Waals surface area contributed by atoms with Gasteiger partial charge in [-0.05, 0) is 19.1 Å². The van der Waals surface area contributed by atoms with E-state index in [9.17, 15) is 18.0 Å². The summed E-state index contributed by atoms with van der Waals surface area (Å²) >= 11 is 1.49. The number of carbonyl (C=O) groups is 1. The summed E-state index contributed by atoms with van der Waals surface area (Å²) in [5.74, 6) is -0.191. The van der Waals surface area contributed by atoms with Crippen LogP contribution in [0.2, 0.25) is 0 Å². The maximum absolute atomic E-state index is 13.1. The van der Waals surface area contributed by atoms with E-state index in [1.807, 2.05) is 5.38 Å². The summed E-state index contributed by atoms with van der Waals surface area (Å²) in [5.41, 5.74) is -0.539. The molecular formula is C20H22F3N3O6S. The molecule has 2 atom stereocenters. The number of piperidine rings is 1. The second-order valence-corrected chi connectivity index (χ2v) is 8.12. The van der Waals surface area contributed by atoms with Gasteiger partial charge in [0.05, 0.1) is 19.8 Å². The summed E-state index contributed by atoms with van der Waals surface area (Å²) in [6.45, 7) is 1.74. The van der Waals surface area contributed by atoms with Gasteiger partial charge in [0, 0.05) is 24.5 Å². The highest BCUT2D eigenvalue weighted by atomic mass is 32.1. The van der Waals surface area contributed by atoms with E-state index in [4.69, 9.17) is 18.9 Å². The number of carbonyl (C=O) groups excluding carboxylic acids is 1. The molecule has 4 rings (SSSR count). The van der Waals surface area contributed by atoms with Crippen LogP contribution in [-0.4, -0.2) is 72.9 Å². The third kappa shape index (κ3) is 5.21. The summed E-state index contributed by atoms with van der Waals surface area (Å²) in [5, 5.41) is 2.70. The fourth-order valence-corrected chi connectivity index (χ4v) is 4.63. The van der Waals surface area contributed by atoms with Crippen LogP contribution in [0.15, 0.2) is 23.7 Å². The fraction of sp³-hybridized carbons (Fsp3) is 0.550. The zero-order valence-electron chi connectivity index (χ0n) is 17.7. The van der Waals surface area contributed by atoms with Crippen molar-refractivity contribution >= 4 is 17.2 Å². The summed E-state index contributed by atoms with van der Waals surface area (Å²) in [6, 6.07) is 2.89. The summed E-state index contributed by atoms with van der Waals surface area (Å²) in [7, 11) is 0. The number of amides is 1. The van der Waals surface area contributed by atoms with Crippen LogP contribution in [-0.2, 0) is 19.8 Å². The molecule has 2 aliphatic rings. The van der Waals surface area contributed by atoms with Crippen LogP contribution < -0.4 is 9.47 Å². The fourth-order valence-electron chi connectivity index (χ4n) is 3.77. The Bertz CT molecular complexity index is 961. The first-order chi connectivity index (χ1) is 15.8. The van der Waals surface area contributed by atoms with Crippen LogP contribution in [0.4, 0.5) is 13.2 Å². The number of ether oxygens (including phenoxy) is 5. The third-order valence-corrected chi connectivity index (χ3v) is 6.19. The molecule has 2 unspecified atom stereocenters. The first-order valence-electron chi connectivity index (χ1n) is 10.2. The number of nitrogens with zero attached hydrogens (tertiary/aromatic N) is 3. The smallest absolute Gasteiger partial charge is 0.486 e. The van der Waals surface area contributed by atoms with Crippen LogP contribution in [0.25, 0.3) is 0 Å². The van der Waals surface area contributed by atoms with E-state index < -0.39 is 18.6 Å². The largest absolute Gasteiger partial charge is 0.522 e. The lowest BCUT2D eigenvalue weighted by atomic mass is 9.89. The minimum atomic E-state index is -4.74. The van der Waals surface area contributed by atoms with Crippen LogP contribution in [0.5, 0.6) is 11.6 Å². The van der Waals surface area contributed by atoms with Gasteiger partial charge < -0.3 is 23.8 Å². The van der Waals surface area contributed by atoms with E-state index in [0.29, 0.717) is 19.5 Å². The van der Waals surface area contributed by atoms with Crippen LogP contribution >= 0.6 is 11.3 Å². The van der Waals surface area contributed by atoms with Crippen molar-refractivity contribution in [3.05, 3.63) is 34.4 Å². The summed E-state index contributed by atoms with van der Waals surface area (Å²) in [4.78, 5) is 23.4. The molecule has 2 aromatic rings. The number of fused-ring (bicyclic) bond motifs is 1. The number of rotatable bonds is 8. The van der Waals surface area contributed by atoms with Crippen molar-refractivity contribution in [3.8, 4) is 11.6 Å². The Morgan fingerprint density at radius 1 is 1.33 bits per heavy atom. The molecule has 2 aliphatic heterocycles. The average Bonchev–Trinajstić information content (AvgIpc) is 3.46. The van der Waals surface area contributed by atoms with E-state index in [1.54, 1.807) is 18.0 Å². The van der Waals surface area contributed by atoms with Crippen molar-refractivity contribution in [3.63, 3.8) is 0 Å². The Labute approximate surface area is 191 Å². The van der Waals surface area contributed by atoms with Crippen molar-refractivity contribution in [2.24, 2.45) is 0 Å². The van der Waals surface area contributed by atoms with Gasteiger partial charge in [-0.1, -0.05) is 0 Å². The van der Waals surface area contributed by atoms with Gasteiger partial charge in [0.1, 0.15) is 30.2 Å². The van der Waals surface area contributed by atoms with Gasteiger partial charge in [0.15, 0.2) is 11.4 Å². The molecular weight excluding hydrogens is 467 g/mol. The van der Waals surface area contributed by atoms with Gasteiger partial charge in [-0.25, -0.2) is 9.97 Å². The normalized spacial score (nSPS) is 22.8. The topological polar surface area (TPSA) is 92.2 Å². The predicted octanol–water partition coefficient (Wildman–Crippen LogP) is 2.97. The molecule has 0 spiro atoms. The number of likely N-dealkylation sites (tertiary alicyclic amines) is 1. The minimum Gasteiger partial charge on any atom is -0.486 e. The molecule has 33 heavy (non-hydrogen) atoms. The van der Waals surface area contributed by atoms with Gasteiger partial charge in [-0.3, -0.25) is 9.53 Å². The number of thiazole rings is 1. The van der Waals surface area contributed by atoms with Gasteiger partial charge >= 0.3 is 6.36 Å². The lowest BCUT2D eigenvalue weighted by molar-refractivity contribution is -0.325. The maximum atomic E-state index is 13.1. The molecule has 0 aliphatic carbocycles. The van der Waals surface area contributed by atoms with E-state index in [-0.39, 0.29) is 49.3 Å². The lowest BCUT2D eigenvalue weighted by Gasteiger charge is -2.40. The Balaban J connectivity index is 1.43. The molecule has 4 heterocycles. The number of hydrogen-bond donors (Lipinski definition) is 0. The molecule has 2 aromatic heterocycles. The second kappa shape index (κ2) is 9.79. The number of pyridine rings is 1. The number of hydrogen-bond acceptors (Lipinski definition) is 9. The molecule has 0 aromatic carbocycles. The molecule has 2 fully saturated rings. The zero-order chi connectivity index (χ0) is 23.5. The molecule has 0 radical (unpaired) electrons. The minimum absolute atomic E-state index is 0.0185. The van der Waals surface area contributed by atoms with Crippen molar-refractivity contribution in [1.29, 1.82) is 0 Å². The van der Waals surface area contributed by atoms with Crippen molar-refractivity contribution < 1.29 is 41.7 Å². The standard InChI is InChI=1S/C20H22F3N3O6S/c1-2-28-16-14(29-8-9-31-20(21,22)23)4-3-13(25-16)17(27)26-7-5-19(18-24-6-10-33-18)15(11-26)30-12-32-19/h3-4,6,10,15H,2,5,7-9,11-12H2,1H3. The molecule has 2 saturated heterocycles. The third-order valence-electron chi connectivity index (χ3n) is 5.26. The Morgan fingerprint density at radius 3 is 2.91 bits per heavy atom. The van der Waals surface area contributed by atoms with E-state index >= 15 is 0 Å². The Hall–Kier alpha value is -2.48. The SMILES string of the molecule is CCOc1nc(C(=O)N2CCC3(c4nccs4)OCOC3C2)ccc1OCCOC(F)(F)F. The quantitative estimate of drug-likeness (QED) is 0.523. The highest BCUT2D eigenvalue weighted by Gasteiger charge is 2.53. The maximum Gasteiger partial charge on any atom is 0.522 e. The van der Waals surface area contributed by atoms with Crippen molar-refractivity contribution in [2.45, 2.75) is 31.4 Å². The van der Waals surface area contributed by atoms with Gasteiger partial charge in [-0.15, -0.1) is 24.5 Å². The summed E-state index contributed by atoms with van der Waals surface area (Å²) < 4.78 is 62.4. The van der Waals surface area contributed by atoms with Crippen molar-refractivity contribution in [2.75, 3.05) is 39.7 Å². The van der Waals surface area contributed by atoms with Crippen molar-refractivity contribution in [1.82, 2.24) is 14.9 Å². The molecule has 0 N–H and O–H groups in total. The second-order valence-electron chi connectivity index (χ2n) is 7.22. The van der Waals surface area contributed by atoms with Gasteiger partial charge in [0.25, 0.3) is 11.8 Å². The molecule has 13 heteroatoms. The first-order valence-corrected chi connectivity index (χ1v) is 11.1.